The summed E-state index contributed by atoms with van der Waals surface area (Å²) in [6.45, 7) is 4.64. The monoisotopic (exact) mass is 540 g/mol. The van der Waals surface area contributed by atoms with Gasteiger partial charge < -0.3 is 15.1 Å². The van der Waals surface area contributed by atoms with Gasteiger partial charge in [-0.3, -0.25) is 4.90 Å². The lowest BCUT2D eigenvalue weighted by molar-refractivity contribution is 0.120. The maximum Gasteiger partial charge on any atom is 0.115 e. The van der Waals surface area contributed by atoms with E-state index in [1.165, 1.54) is 36.1 Å². The molecule has 2 N–H and O–H groups in total. The van der Waals surface area contributed by atoms with Gasteiger partial charge in [-0.2, -0.15) is 0 Å². The molecule has 3 aromatic carbocycles. The Kier molecular flexibility index (Phi) is 10.9. The Morgan fingerprint density at radius 2 is 1.32 bits per heavy atom. The van der Waals surface area contributed by atoms with E-state index in [4.69, 9.17) is 0 Å². The van der Waals surface area contributed by atoms with E-state index in [0.29, 0.717) is 6.42 Å². The van der Waals surface area contributed by atoms with E-state index in [1.54, 1.807) is 12.1 Å². The van der Waals surface area contributed by atoms with Gasteiger partial charge in [0.25, 0.3) is 0 Å². The molecule has 0 bridgehead atoms. The summed E-state index contributed by atoms with van der Waals surface area (Å²) in [6, 6.07) is 27.7. The predicted octanol–water partition coefficient (Wildman–Crippen LogP) is 6.64. The average Bonchev–Trinajstić information content (AvgIpc) is 2.88. The number of aliphatic hydroxyl groups is 1. The van der Waals surface area contributed by atoms with Gasteiger partial charge in [0.15, 0.2) is 0 Å². The third kappa shape index (κ3) is 6.88. The third-order valence-corrected chi connectivity index (χ3v) is 7.59. The van der Waals surface area contributed by atoms with E-state index in [9.17, 15) is 10.2 Å². The average molecular weight is 542 g/mol. The summed E-state index contributed by atoms with van der Waals surface area (Å²) in [5.74, 6) is 0.265. The highest BCUT2D eigenvalue weighted by Crippen LogP contribution is 2.36. The number of halogens is 2. The summed E-state index contributed by atoms with van der Waals surface area (Å²) >= 11 is 0. The van der Waals surface area contributed by atoms with Gasteiger partial charge in [0.05, 0.1) is 0 Å². The first-order valence-corrected chi connectivity index (χ1v) is 13.0. The van der Waals surface area contributed by atoms with Gasteiger partial charge >= 0.3 is 0 Å². The van der Waals surface area contributed by atoms with Crippen LogP contribution in [0.5, 0.6) is 5.75 Å². The van der Waals surface area contributed by atoms with Crippen LogP contribution in [0.25, 0.3) is 11.1 Å². The standard InChI is InChI=1S/C31H36N2O2.2ClH/c34-23-5-10-30(24-6-2-1-3-7-24)31(26-13-17-29(35)18-14-26)25-11-15-28(16-12-25)33-21-19-32(20-22-33)27-8-4-9-27;;/h1-3,6-7,11-18,27,34-35H,4-5,8-10,19-23H2;2*1H/b31-30+;;. The Labute approximate surface area is 233 Å². The van der Waals surface area contributed by atoms with Crippen molar-refractivity contribution in [2.24, 2.45) is 0 Å². The molecule has 3 aromatic rings. The molecule has 6 heteroatoms. The Balaban J connectivity index is 0.00000190. The van der Waals surface area contributed by atoms with E-state index in [0.717, 1.165) is 55.3 Å². The Hall–Kier alpha value is -2.50. The van der Waals surface area contributed by atoms with Crippen LogP contribution in [0.2, 0.25) is 0 Å². The van der Waals surface area contributed by atoms with Crippen LogP contribution in [0, 0.1) is 0 Å². The zero-order chi connectivity index (χ0) is 24.0. The Morgan fingerprint density at radius 3 is 1.86 bits per heavy atom. The van der Waals surface area contributed by atoms with Crippen molar-refractivity contribution in [3.8, 4) is 5.75 Å². The number of benzene rings is 3. The number of aliphatic hydroxyl groups excluding tert-OH is 1. The second-order valence-electron chi connectivity index (χ2n) is 9.75. The molecule has 1 saturated heterocycles. The highest BCUT2D eigenvalue weighted by Gasteiger charge is 2.28. The van der Waals surface area contributed by atoms with Crippen LogP contribution < -0.4 is 4.90 Å². The SMILES string of the molecule is Cl.Cl.OCCC/C(=C(\c1ccc(O)cc1)c1ccc(N2CCN(C3CCC3)CC2)cc1)c1ccccc1. The van der Waals surface area contributed by atoms with Crippen LogP contribution in [0.15, 0.2) is 78.9 Å². The zero-order valence-corrected chi connectivity index (χ0v) is 22.9. The summed E-state index contributed by atoms with van der Waals surface area (Å²) < 4.78 is 0. The predicted molar refractivity (Wildman–Crippen MR) is 159 cm³/mol. The molecule has 0 radical (unpaired) electrons. The number of allylic oxidation sites excluding steroid dienone is 1. The van der Waals surface area contributed by atoms with Gasteiger partial charge in [-0.15, -0.1) is 24.8 Å². The molecule has 0 unspecified atom stereocenters. The van der Waals surface area contributed by atoms with E-state index < -0.39 is 0 Å². The largest absolute Gasteiger partial charge is 0.508 e. The molecule has 37 heavy (non-hydrogen) atoms. The van der Waals surface area contributed by atoms with E-state index in [-0.39, 0.29) is 37.2 Å². The third-order valence-electron chi connectivity index (χ3n) is 7.59. The summed E-state index contributed by atoms with van der Waals surface area (Å²) in [7, 11) is 0. The highest BCUT2D eigenvalue weighted by molar-refractivity contribution is 5.98. The molecule has 2 fully saturated rings. The van der Waals surface area contributed by atoms with Crippen molar-refractivity contribution < 1.29 is 10.2 Å². The highest BCUT2D eigenvalue weighted by atomic mass is 35.5. The summed E-state index contributed by atoms with van der Waals surface area (Å²) in [6.07, 6.45) is 5.63. The van der Waals surface area contributed by atoms with Crippen molar-refractivity contribution >= 4 is 41.6 Å². The molecule has 5 rings (SSSR count). The fourth-order valence-corrected chi connectivity index (χ4v) is 5.39. The molecule has 1 saturated carbocycles. The molecule has 0 aromatic heterocycles. The van der Waals surface area contributed by atoms with Gasteiger partial charge in [0.1, 0.15) is 5.75 Å². The molecular formula is C31H38Cl2N2O2. The number of phenols is 1. The topological polar surface area (TPSA) is 46.9 Å². The Bertz CT molecular complexity index is 1120. The smallest absolute Gasteiger partial charge is 0.115 e. The normalized spacial score (nSPS) is 16.7. The lowest BCUT2D eigenvalue weighted by Crippen LogP contribution is -2.52. The molecule has 1 heterocycles. The van der Waals surface area contributed by atoms with Crippen LogP contribution >= 0.6 is 24.8 Å². The first-order chi connectivity index (χ1) is 17.2. The maximum absolute atomic E-state index is 9.90. The number of anilines is 1. The van der Waals surface area contributed by atoms with Gasteiger partial charge in [0.2, 0.25) is 0 Å². The van der Waals surface area contributed by atoms with E-state index in [1.807, 2.05) is 18.2 Å². The molecule has 1 aliphatic carbocycles. The molecule has 198 valence electrons. The first-order valence-electron chi connectivity index (χ1n) is 13.0. The summed E-state index contributed by atoms with van der Waals surface area (Å²) in [4.78, 5) is 5.18. The number of nitrogens with zero attached hydrogens (tertiary/aromatic N) is 2. The number of phenolic OH excluding ortho intramolecular Hbond substituents is 1. The lowest BCUT2D eigenvalue weighted by atomic mass is 9.87. The van der Waals surface area contributed by atoms with Crippen LogP contribution in [0.4, 0.5) is 5.69 Å². The van der Waals surface area contributed by atoms with Gasteiger partial charge in [-0.05, 0) is 77.8 Å². The fourth-order valence-electron chi connectivity index (χ4n) is 5.39. The second-order valence-corrected chi connectivity index (χ2v) is 9.75. The molecule has 0 atom stereocenters. The number of hydrogen-bond donors (Lipinski definition) is 2. The van der Waals surface area contributed by atoms with Crippen molar-refractivity contribution in [1.82, 2.24) is 4.90 Å². The fraction of sp³-hybridized carbons (Fsp3) is 0.355. The van der Waals surface area contributed by atoms with Gasteiger partial charge in [0, 0.05) is 44.5 Å². The number of rotatable bonds is 8. The van der Waals surface area contributed by atoms with Crippen molar-refractivity contribution in [1.29, 1.82) is 0 Å². The molecular weight excluding hydrogens is 503 g/mol. The molecule has 0 amide bonds. The van der Waals surface area contributed by atoms with Crippen LogP contribution in [-0.2, 0) is 0 Å². The number of hydrogen-bond acceptors (Lipinski definition) is 4. The van der Waals surface area contributed by atoms with Crippen LogP contribution in [0.1, 0.15) is 48.8 Å². The minimum atomic E-state index is 0. The molecule has 1 aliphatic heterocycles. The molecule has 0 spiro atoms. The Morgan fingerprint density at radius 1 is 0.730 bits per heavy atom. The van der Waals surface area contributed by atoms with Crippen molar-refractivity contribution in [3.63, 3.8) is 0 Å². The van der Waals surface area contributed by atoms with E-state index in [2.05, 4.69) is 58.3 Å². The lowest BCUT2D eigenvalue weighted by Gasteiger charge is -2.43. The number of piperazine rings is 1. The van der Waals surface area contributed by atoms with E-state index >= 15 is 0 Å². The van der Waals surface area contributed by atoms with Crippen molar-refractivity contribution in [2.75, 3.05) is 37.7 Å². The maximum atomic E-state index is 9.90. The minimum Gasteiger partial charge on any atom is -0.508 e. The van der Waals surface area contributed by atoms with Crippen molar-refractivity contribution in [2.45, 2.75) is 38.1 Å². The van der Waals surface area contributed by atoms with Crippen LogP contribution in [-0.4, -0.2) is 53.9 Å². The molecule has 2 aliphatic rings. The quantitative estimate of drug-likeness (QED) is 0.314. The van der Waals surface area contributed by atoms with Gasteiger partial charge in [-0.25, -0.2) is 0 Å². The molecule has 4 nitrogen and oxygen atoms in total. The minimum absolute atomic E-state index is 0. The summed E-state index contributed by atoms with van der Waals surface area (Å²) in [5, 5.41) is 19.5. The second kappa shape index (κ2) is 13.9. The summed E-state index contributed by atoms with van der Waals surface area (Å²) in [5.41, 5.74) is 7.05. The number of aromatic hydroxyl groups is 1. The van der Waals surface area contributed by atoms with Gasteiger partial charge in [-0.1, -0.05) is 61.0 Å². The van der Waals surface area contributed by atoms with Crippen molar-refractivity contribution in [3.05, 3.63) is 95.6 Å². The first kappa shape index (κ1) is 29.1. The van der Waals surface area contributed by atoms with Crippen LogP contribution in [0.3, 0.4) is 0 Å². The zero-order valence-electron chi connectivity index (χ0n) is 21.3.